The van der Waals surface area contributed by atoms with Crippen molar-refractivity contribution in [2.75, 3.05) is 10.6 Å². The highest BCUT2D eigenvalue weighted by atomic mass is 35.5. The molecule has 0 spiro atoms. The van der Waals surface area contributed by atoms with Crippen LogP contribution in [0.25, 0.3) is 0 Å². The quantitative estimate of drug-likeness (QED) is 0.721. The maximum absolute atomic E-state index is 6.08. The van der Waals surface area contributed by atoms with E-state index in [1.807, 2.05) is 50.2 Å². The minimum atomic E-state index is 0.515. The molecule has 0 amide bonds. The number of anilines is 2. The molecule has 0 fully saturated rings. The monoisotopic (exact) mass is 324 g/mol. The van der Waals surface area contributed by atoms with Crippen LogP contribution < -0.4 is 10.6 Å². The van der Waals surface area contributed by atoms with E-state index in [1.165, 1.54) is 0 Å². The lowest BCUT2D eigenvalue weighted by atomic mass is 10.2. The van der Waals surface area contributed by atoms with E-state index in [-0.39, 0.29) is 0 Å². The molecule has 0 aliphatic heterocycles. The third kappa shape index (κ3) is 3.63. The first-order valence-corrected chi connectivity index (χ1v) is 7.23. The fraction of sp³-hybridized carbons (Fsp3) is 0.133. The molecule has 0 aliphatic carbocycles. The van der Waals surface area contributed by atoms with Gasteiger partial charge in [-0.15, -0.1) is 0 Å². The summed E-state index contributed by atoms with van der Waals surface area (Å²) in [6.07, 6.45) is 0. The molecule has 20 heavy (non-hydrogen) atoms. The van der Waals surface area contributed by atoms with E-state index in [4.69, 9.17) is 35.4 Å². The maximum Gasteiger partial charge on any atom is 0.175 e. The van der Waals surface area contributed by atoms with Gasteiger partial charge in [0.05, 0.1) is 0 Å². The van der Waals surface area contributed by atoms with Gasteiger partial charge in [0, 0.05) is 21.4 Å². The van der Waals surface area contributed by atoms with E-state index in [0.29, 0.717) is 15.2 Å². The van der Waals surface area contributed by atoms with Crippen LogP contribution in [0, 0.1) is 13.8 Å². The van der Waals surface area contributed by atoms with E-state index in [1.54, 1.807) is 0 Å². The van der Waals surface area contributed by atoms with Gasteiger partial charge >= 0.3 is 0 Å². The van der Waals surface area contributed by atoms with Crippen molar-refractivity contribution in [3.63, 3.8) is 0 Å². The standard InChI is InChI=1S/C15H14Cl2N2S/c1-9-8-11(16)6-7-13(9)18-15(20)19-14-5-3-4-12(17)10(14)2/h3-8H,1-2H3,(H2,18,19,20). The van der Waals surface area contributed by atoms with E-state index in [9.17, 15) is 0 Å². The zero-order valence-corrected chi connectivity index (χ0v) is 13.5. The number of aryl methyl sites for hydroxylation is 1. The summed E-state index contributed by atoms with van der Waals surface area (Å²) < 4.78 is 0. The average Bonchev–Trinajstić information content (AvgIpc) is 2.38. The van der Waals surface area contributed by atoms with Crippen molar-refractivity contribution < 1.29 is 0 Å². The van der Waals surface area contributed by atoms with Gasteiger partial charge in [-0.1, -0.05) is 29.3 Å². The molecule has 2 aromatic rings. The number of halogens is 2. The summed E-state index contributed by atoms with van der Waals surface area (Å²) in [7, 11) is 0. The van der Waals surface area contributed by atoms with Crippen LogP contribution in [0.15, 0.2) is 36.4 Å². The Morgan fingerprint density at radius 3 is 2.40 bits per heavy atom. The van der Waals surface area contributed by atoms with Crippen molar-refractivity contribution in [1.82, 2.24) is 0 Å². The van der Waals surface area contributed by atoms with Crippen LogP contribution in [-0.2, 0) is 0 Å². The normalized spacial score (nSPS) is 10.2. The van der Waals surface area contributed by atoms with Gasteiger partial charge in [0.1, 0.15) is 0 Å². The van der Waals surface area contributed by atoms with Crippen molar-refractivity contribution in [3.05, 3.63) is 57.6 Å². The van der Waals surface area contributed by atoms with Crippen LogP contribution in [0.3, 0.4) is 0 Å². The fourth-order valence-electron chi connectivity index (χ4n) is 1.79. The third-order valence-electron chi connectivity index (χ3n) is 2.95. The molecule has 0 aromatic heterocycles. The van der Waals surface area contributed by atoms with Gasteiger partial charge < -0.3 is 10.6 Å². The highest BCUT2D eigenvalue weighted by molar-refractivity contribution is 7.80. The van der Waals surface area contributed by atoms with Crippen LogP contribution in [0.4, 0.5) is 11.4 Å². The van der Waals surface area contributed by atoms with Gasteiger partial charge in [-0.2, -0.15) is 0 Å². The highest BCUT2D eigenvalue weighted by Crippen LogP contribution is 2.24. The highest BCUT2D eigenvalue weighted by Gasteiger charge is 2.05. The number of hydrogen-bond acceptors (Lipinski definition) is 1. The van der Waals surface area contributed by atoms with Crippen LogP contribution >= 0.6 is 35.4 Å². The summed E-state index contributed by atoms with van der Waals surface area (Å²) in [6, 6.07) is 11.3. The molecule has 2 N–H and O–H groups in total. The van der Waals surface area contributed by atoms with E-state index >= 15 is 0 Å². The Balaban J connectivity index is 2.11. The lowest BCUT2D eigenvalue weighted by molar-refractivity contribution is 1.43. The Bertz CT molecular complexity index is 656. The predicted octanol–water partition coefficient (Wildman–Crippen LogP) is 5.42. The van der Waals surface area contributed by atoms with Gasteiger partial charge in [0.2, 0.25) is 0 Å². The summed E-state index contributed by atoms with van der Waals surface area (Å²) in [4.78, 5) is 0. The van der Waals surface area contributed by atoms with Crippen LogP contribution in [-0.4, -0.2) is 5.11 Å². The zero-order chi connectivity index (χ0) is 14.7. The topological polar surface area (TPSA) is 24.1 Å². The van der Waals surface area contributed by atoms with Crippen molar-refractivity contribution in [2.24, 2.45) is 0 Å². The third-order valence-corrected chi connectivity index (χ3v) is 3.80. The summed E-state index contributed by atoms with van der Waals surface area (Å²) >= 11 is 17.3. The minimum absolute atomic E-state index is 0.515. The fourth-order valence-corrected chi connectivity index (χ4v) is 2.41. The van der Waals surface area contributed by atoms with Crippen molar-refractivity contribution >= 4 is 51.9 Å². The van der Waals surface area contributed by atoms with Gasteiger partial charge in [-0.25, -0.2) is 0 Å². The molecule has 0 bridgehead atoms. The largest absolute Gasteiger partial charge is 0.332 e. The maximum atomic E-state index is 6.08. The first-order valence-electron chi connectivity index (χ1n) is 6.06. The first-order chi connectivity index (χ1) is 9.47. The summed E-state index contributed by atoms with van der Waals surface area (Å²) in [5.74, 6) is 0. The summed E-state index contributed by atoms with van der Waals surface area (Å²) in [5.41, 5.74) is 3.81. The van der Waals surface area contributed by atoms with E-state index in [2.05, 4.69) is 10.6 Å². The Morgan fingerprint density at radius 1 is 1.00 bits per heavy atom. The summed E-state index contributed by atoms with van der Waals surface area (Å²) in [5, 5.41) is 8.22. The molecule has 0 radical (unpaired) electrons. The second-order valence-corrected chi connectivity index (χ2v) is 5.70. The summed E-state index contributed by atoms with van der Waals surface area (Å²) in [6.45, 7) is 3.92. The molecule has 2 rings (SSSR count). The van der Waals surface area contributed by atoms with Crippen LogP contribution in [0.5, 0.6) is 0 Å². The van der Waals surface area contributed by atoms with Gasteiger partial charge in [-0.3, -0.25) is 0 Å². The zero-order valence-electron chi connectivity index (χ0n) is 11.1. The van der Waals surface area contributed by atoms with Crippen molar-refractivity contribution in [2.45, 2.75) is 13.8 Å². The Labute approximate surface area is 134 Å². The first kappa shape index (κ1) is 15.1. The number of thiocarbonyl (C=S) groups is 1. The lowest BCUT2D eigenvalue weighted by Crippen LogP contribution is -2.20. The number of rotatable bonds is 2. The molecule has 0 heterocycles. The number of hydrogen-bond donors (Lipinski definition) is 2. The Hall–Kier alpha value is -1.29. The Kier molecular flexibility index (Phi) is 4.86. The van der Waals surface area contributed by atoms with E-state index in [0.717, 1.165) is 22.5 Å². The smallest absolute Gasteiger partial charge is 0.175 e. The van der Waals surface area contributed by atoms with Crippen LogP contribution in [0.2, 0.25) is 10.0 Å². The molecule has 0 saturated carbocycles. The molecule has 0 saturated heterocycles. The van der Waals surface area contributed by atoms with Crippen LogP contribution in [0.1, 0.15) is 11.1 Å². The molecule has 0 unspecified atom stereocenters. The van der Waals surface area contributed by atoms with Gasteiger partial charge in [-0.05, 0) is 67.5 Å². The van der Waals surface area contributed by atoms with Gasteiger partial charge in [0.15, 0.2) is 5.11 Å². The second kappa shape index (κ2) is 6.44. The predicted molar refractivity (Wildman–Crippen MR) is 92.2 cm³/mol. The SMILES string of the molecule is Cc1cc(Cl)ccc1NC(=S)Nc1cccc(Cl)c1C. The number of nitrogens with one attached hydrogen (secondary N) is 2. The molecule has 0 atom stereocenters. The molecule has 2 aromatic carbocycles. The average molecular weight is 325 g/mol. The molecular formula is C15H14Cl2N2S. The minimum Gasteiger partial charge on any atom is -0.332 e. The van der Waals surface area contributed by atoms with Gasteiger partial charge in [0.25, 0.3) is 0 Å². The molecule has 104 valence electrons. The van der Waals surface area contributed by atoms with E-state index < -0.39 is 0 Å². The number of benzene rings is 2. The molecule has 2 nitrogen and oxygen atoms in total. The Morgan fingerprint density at radius 2 is 1.70 bits per heavy atom. The second-order valence-electron chi connectivity index (χ2n) is 4.45. The molecule has 5 heteroatoms. The molecule has 0 aliphatic rings. The van der Waals surface area contributed by atoms with Crippen molar-refractivity contribution in [1.29, 1.82) is 0 Å². The molecular weight excluding hydrogens is 311 g/mol. The lowest BCUT2D eigenvalue weighted by Gasteiger charge is -2.14. The van der Waals surface area contributed by atoms with Crippen molar-refractivity contribution in [3.8, 4) is 0 Å².